The Kier molecular flexibility index (Phi) is 7.00. The summed E-state index contributed by atoms with van der Waals surface area (Å²) < 4.78 is 3.77. The van der Waals surface area contributed by atoms with Gasteiger partial charge in [-0.1, -0.05) is 28.1 Å². The Morgan fingerprint density at radius 2 is 2.21 bits per heavy atom. The molecule has 0 aromatic carbocycles. The van der Waals surface area contributed by atoms with E-state index in [2.05, 4.69) is 15.5 Å². The fourth-order valence-corrected chi connectivity index (χ4v) is 6.63. The van der Waals surface area contributed by atoms with Gasteiger partial charge in [-0.05, 0) is 12.1 Å². The Morgan fingerprint density at radius 1 is 1.42 bits per heavy atom. The number of fused-ring (bicyclic) bond motifs is 2. The van der Waals surface area contributed by atoms with Gasteiger partial charge in [-0.25, -0.2) is 9.78 Å². The van der Waals surface area contributed by atoms with Gasteiger partial charge in [-0.3, -0.25) is 14.5 Å². The summed E-state index contributed by atoms with van der Waals surface area (Å²) in [5, 5.41) is 25.2. The van der Waals surface area contributed by atoms with Gasteiger partial charge in [0.15, 0.2) is 29.8 Å². The number of nitrogens with zero attached hydrogens (tertiary/aromatic N) is 5. The third kappa shape index (κ3) is 4.47. The molecule has 0 spiro atoms. The number of carboxylic acid groups (broad SMARTS) is 1. The average molecular weight is 579 g/mol. The van der Waals surface area contributed by atoms with Crippen molar-refractivity contribution in [2.75, 3.05) is 18.6 Å². The zero-order valence-electron chi connectivity index (χ0n) is 19.7. The summed E-state index contributed by atoms with van der Waals surface area (Å²) in [6, 6.07) is 2.67. The molecule has 5 heterocycles. The Morgan fingerprint density at radius 3 is 2.87 bits per heavy atom. The fraction of sp³-hybridized carbons (Fsp3) is 0.273. The van der Waals surface area contributed by atoms with E-state index < -0.39 is 29.2 Å². The lowest BCUT2D eigenvalue weighted by Crippen LogP contribution is -2.71. The molecule has 0 bridgehead atoms. The molecule has 0 saturated carbocycles. The molecule has 2 atom stereocenters. The van der Waals surface area contributed by atoms with E-state index in [1.165, 1.54) is 23.8 Å². The number of aliphatic hydroxyl groups excluding tert-OH is 1. The predicted molar refractivity (Wildman–Crippen MR) is 138 cm³/mol. The van der Waals surface area contributed by atoms with Crippen molar-refractivity contribution >= 4 is 68.8 Å². The number of oxime groups is 1. The van der Waals surface area contributed by atoms with Crippen LogP contribution in [0, 0.1) is 0 Å². The van der Waals surface area contributed by atoms with Crippen molar-refractivity contribution in [3.63, 3.8) is 0 Å². The summed E-state index contributed by atoms with van der Waals surface area (Å²) in [5.74, 6) is -2.23. The van der Waals surface area contributed by atoms with Crippen LogP contribution in [0.15, 0.2) is 47.1 Å². The third-order valence-electron chi connectivity index (χ3n) is 6.04. The number of aliphatic carboxylic acids is 1. The number of hydrogen-bond acceptors (Lipinski definition) is 10. The van der Waals surface area contributed by atoms with Gasteiger partial charge >= 0.3 is 5.97 Å². The van der Waals surface area contributed by atoms with Gasteiger partial charge < -0.3 is 30.5 Å². The van der Waals surface area contributed by atoms with Crippen molar-refractivity contribution in [2.45, 2.75) is 24.6 Å². The van der Waals surface area contributed by atoms with Crippen LogP contribution in [-0.2, 0) is 32.4 Å². The molecule has 1 fully saturated rings. The predicted octanol–water partition coefficient (Wildman–Crippen LogP) is 0.201. The molecule has 0 aliphatic carbocycles. The summed E-state index contributed by atoms with van der Waals surface area (Å²) in [6.07, 6.45) is 5.38. The molecule has 0 unspecified atom stereocenters. The fourth-order valence-electron chi connectivity index (χ4n) is 4.37. The molecule has 5 rings (SSSR count). The van der Waals surface area contributed by atoms with E-state index >= 15 is 0 Å². The van der Waals surface area contributed by atoms with Gasteiger partial charge in [0.05, 0.1) is 12.8 Å². The summed E-state index contributed by atoms with van der Waals surface area (Å²) in [5.41, 5.74) is 7.43. The van der Waals surface area contributed by atoms with Crippen LogP contribution in [0.3, 0.4) is 0 Å². The number of nitrogens with two attached hydrogens (primary N) is 1. The van der Waals surface area contributed by atoms with Crippen LogP contribution in [0.1, 0.15) is 11.4 Å². The van der Waals surface area contributed by atoms with E-state index in [4.69, 9.17) is 22.2 Å². The average Bonchev–Trinajstić information content (AvgIpc) is 3.46. The second-order valence-corrected chi connectivity index (χ2v) is 11.0. The zero-order valence-corrected chi connectivity index (χ0v) is 22.1. The first kappa shape index (κ1) is 26.0. The molecule has 5 N–H and O–H groups in total. The van der Waals surface area contributed by atoms with E-state index in [9.17, 15) is 24.6 Å². The topological polar surface area (TPSA) is 176 Å². The van der Waals surface area contributed by atoms with Crippen molar-refractivity contribution < 1.29 is 34.0 Å². The number of carboxylic acids is 1. The van der Waals surface area contributed by atoms with Gasteiger partial charge in [-0.15, -0.1) is 11.8 Å². The van der Waals surface area contributed by atoms with E-state index in [0.717, 1.165) is 22.5 Å². The maximum Gasteiger partial charge on any atom is 0.352 e. The highest BCUT2D eigenvalue weighted by atomic mass is 35.5. The molecule has 2 amide bonds. The van der Waals surface area contributed by atoms with Crippen molar-refractivity contribution in [1.29, 1.82) is 0 Å². The standard InChI is InChI=1S/C22H20ClN7O6S2/c1-36-27-14(13-17(23)38-22(24)26-13)18(32)25-15-19(33)30-16(21(34)35)10(9-37-20(15)30)6-28-4-5-29-11(7-28)2-3-12(29)8-31/h2-5,7,15,20,31H,6,8-9H2,1H3,(H3-,24,25,26,32,34,35)/p+1/b27-14-/t15-,20-/m1/s1. The molecule has 3 aromatic rings. The van der Waals surface area contributed by atoms with Crippen molar-refractivity contribution in [1.82, 2.24) is 19.6 Å². The molecule has 3 aromatic heterocycles. The summed E-state index contributed by atoms with van der Waals surface area (Å²) >= 11 is 8.41. The van der Waals surface area contributed by atoms with Gasteiger partial charge in [-0.2, -0.15) is 4.57 Å². The Hall–Kier alpha value is -3.66. The maximum atomic E-state index is 13.1. The van der Waals surface area contributed by atoms with Crippen LogP contribution in [0.5, 0.6) is 0 Å². The molecule has 16 heteroatoms. The number of aromatic nitrogens is 3. The van der Waals surface area contributed by atoms with Crippen molar-refractivity contribution in [3.8, 4) is 0 Å². The quantitative estimate of drug-likeness (QED) is 0.126. The lowest BCUT2D eigenvalue weighted by atomic mass is 10.0. The number of thioether (sulfide) groups is 1. The van der Waals surface area contributed by atoms with Crippen LogP contribution >= 0.6 is 34.7 Å². The number of rotatable bonds is 8. The number of β-lactam (4-membered cyclic amide) rings is 1. The molecule has 2 aliphatic heterocycles. The summed E-state index contributed by atoms with van der Waals surface area (Å²) in [6.45, 7) is 0.135. The molecular weight excluding hydrogens is 558 g/mol. The molecular formula is C22H21ClN7O6S2+. The van der Waals surface area contributed by atoms with Gasteiger partial charge in [0.25, 0.3) is 11.8 Å². The first-order valence-electron chi connectivity index (χ1n) is 11.1. The van der Waals surface area contributed by atoms with E-state index in [-0.39, 0.29) is 39.7 Å². The van der Waals surface area contributed by atoms with E-state index in [1.54, 1.807) is 18.5 Å². The molecule has 0 radical (unpaired) electrons. The molecule has 1 saturated heterocycles. The van der Waals surface area contributed by atoms with Crippen LogP contribution in [0.4, 0.5) is 5.13 Å². The smallest absolute Gasteiger partial charge is 0.352 e. The number of thiazole rings is 1. The summed E-state index contributed by atoms with van der Waals surface area (Å²) in [4.78, 5) is 48.2. The van der Waals surface area contributed by atoms with Crippen LogP contribution in [-0.4, -0.2) is 72.3 Å². The Balaban J connectivity index is 1.36. The van der Waals surface area contributed by atoms with Crippen LogP contribution in [0.2, 0.25) is 4.34 Å². The second kappa shape index (κ2) is 10.2. The largest absolute Gasteiger partial charge is 0.477 e. The number of hydrogen-bond donors (Lipinski definition) is 4. The van der Waals surface area contributed by atoms with E-state index in [0.29, 0.717) is 11.3 Å². The molecule has 13 nitrogen and oxygen atoms in total. The SMILES string of the molecule is CO/N=C(\C(=O)N[C@@H]1C(=O)N2C(C(=O)O)=C(C[n+]3ccn4c(CO)ccc4c3)CS[C@H]12)c1nc(N)sc1Cl. The van der Waals surface area contributed by atoms with Gasteiger partial charge in [0.1, 0.15) is 39.8 Å². The Labute approximate surface area is 228 Å². The lowest BCUT2D eigenvalue weighted by molar-refractivity contribution is -0.688. The number of aliphatic hydroxyl groups is 1. The highest BCUT2D eigenvalue weighted by Gasteiger charge is 2.55. The number of carbonyl (C=O) groups is 3. The minimum Gasteiger partial charge on any atom is -0.477 e. The first-order valence-corrected chi connectivity index (χ1v) is 13.3. The number of nitrogens with one attached hydrogen (secondary N) is 1. The van der Waals surface area contributed by atoms with Crippen molar-refractivity contribution in [2.24, 2.45) is 5.16 Å². The molecule has 38 heavy (non-hydrogen) atoms. The monoisotopic (exact) mass is 578 g/mol. The van der Waals surface area contributed by atoms with Crippen LogP contribution in [0.25, 0.3) is 5.52 Å². The zero-order chi connectivity index (χ0) is 27.1. The maximum absolute atomic E-state index is 13.1. The van der Waals surface area contributed by atoms with Gasteiger partial charge in [0, 0.05) is 17.0 Å². The minimum absolute atomic E-state index is 0.0185. The molecule has 2 aliphatic rings. The highest BCUT2D eigenvalue weighted by molar-refractivity contribution is 8.00. The number of anilines is 1. The lowest BCUT2D eigenvalue weighted by Gasteiger charge is -2.49. The first-order chi connectivity index (χ1) is 18.2. The highest BCUT2D eigenvalue weighted by Crippen LogP contribution is 2.40. The minimum atomic E-state index is -1.23. The van der Waals surface area contributed by atoms with Crippen LogP contribution < -0.4 is 15.6 Å². The molecule has 198 valence electrons. The number of halogens is 1. The Bertz CT molecular complexity index is 1530. The second-order valence-electron chi connectivity index (χ2n) is 8.29. The number of carbonyl (C=O) groups excluding carboxylic acids is 2. The van der Waals surface area contributed by atoms with E-state index in [1.807, 2.05) is 21.2 Å². The number of amides is 2. The van der Waals surface area contributed by atoms with Crippen molar-refractivity contribution in [3.05, 3.63) is 57.7 Å². The number of nitrogen functional groups attached to an aromatic ring is 1. The third-order valence-corrected chi connectivity index (χ3v) is 8.46. The van der Waals surface area contributed by atoms with Gasteiger partial charge in [0.2, 0.25) is 0 Å². The normalized spacial score (nSPS) is 19.4. The summed E-state index contributed by atoms with van der Waals surface area (Å²) in [7, 11) is 1.24.